The zero-order valence-electron chi connectivity index (χ0n) is 14.5. The molecule has 0 aliphatic carbocycles. The Balaban J connectivity index is 1.84. The normalized spacial score (nSPS) is 18.1. The first-order valence-electron chi connectivity index (χ1n) is 8.59. The van der Waals surface area contributed by atoms with E-state index in [1.807, 2.05) is 0 Å². The van der Waals surface area contributed by atoms with Crippen LogP contribution >= 0.6 is 0 Å². The number of nitrogens with one attached hydrogen (secondary N) is 2. The van der Waals surface area contributed by atoms with E-state index in [4.69, 9.17) is 0 Å². The molecule has 0 radical (unpaired) electrons. The van der Waals surface area contributed by atoms with Crippen LogP contribution in [0.5, 0.6) is 0 Å². The maximum atomic E-state index is 11.8. The summed E-state index contributed by atoms with van der Waals surface area (Å²) in [5.41, 5.74) is 0.382. The Bertz CT molecular complexity index is 833. The number of anilines is 1. The van der Waals surface area contributed by atoms with Gasteiger partial charge in [-0.25, -0.2) is 4.98 Å². The van der Waals surface area contributed by atoms with Gasteiger partial charge in [0.15, 0.2) is 0 Å². The molecule has 8 heteroatoms. The number of likely N-dealkylation sites (tertiary alicyclic amines) is 1. The van der Waals surface area contributed by atoms with E-state index in [1.165, 1.54) is 12.4 Å². The highest BCUT2D eigenvalue weighted by molar-refractivity contribution is 5.86. The second kappa shape index (κ2) is 7.18. The average Bonchev–Trinajstić information content (AvgIpc) is 2.98. The minimum absolute atomic E-state index is 0.0978. The van der Waals surface area contributed by atoms with Crippen LogP contribution in [0.15, 0.2) is 23.3 Å². The van der Waals surface area contributed by atoms with Gasteiger partial charge in [-0.2, -0.15) is 0 Å². The fourth-order valence-electron chi connectivity index (χ4n) is 3.46. The van der Waals surface area contributed by atoms with Crippen molar-refractivity contribution in [3.63, 3.8) is 0 Å². The Morgan fingerprint density at radius 1 is 1.48 bits per heavy atom. The lowest BCUT2D eigenvalue weighted by Crippen LogP contribution is -2.37. The predicted octanol–water partition coefficient (Wildman–Crippen LogP) is 2.36. The number of hydrogen-bond donors (Lipinski definition) is 2. The summed E-state index contributed by atoms with van der Waals surface area (Å²) in [6, 6.07) is 3.25. The maximum absolute atomic E-state index is 11.8. The summed E-state index contributed by atoms with van der Waals surface area (Å²) < 4.78 is 0. The van der Waals surface area contributed by atoms with E-state index in [-0.39, 0.29) is 16.6 Å². The molecule has 3 rings (SSSR count). The van der Waals surface area contributed by atoms with Crippen molar-refractivity contribution in [1.29, 1.82) is 0 Å². The predicted molar refractivity (Wildman–Crippen MR) is 96.9 cm³/mol. The van der Waals surface area contributed by atoms with Gasteiger partial charge in [0, 0.05) is 25.2 Å². The number of nitro benzene ring substituents is 1. The molecule has 2 aromatic rings. The average molecular weight is 345 g/mol. The van der Waals surface area contributed by atoms with Crippen LogP contribution in [-0.2, 0) is 0 Å². The highest BCUT2D eigenvalue weighted by atomic mass is 16.6. The van der Waals surface area contributed by atoms with Crippen molar-refractivity contribution >= 4 is 22.3 Å². The van der Waals surface area contributed by atoms with Crippen molar-refractivity contribution in [3.8, 4) is 0 Å². The summed E-state index contributed by atoms with van der Waals surface area (Å²) in [4.78, 5) is 31.8. The van der Waals surface area contributed by atoms with Crippen molar-refractivity contribution in [2.24, 2.45) is 5.92 Å². The lowest BCUT2D eigenvalue weighted by Gasteiger charge is -2.26. The number of rotatable bonds is 6. The van der Waals surface area contributed by atoms with E-state index in [2.05, 4.69) is 34.0 Å². The summed E-state index contributed by atoms with van der Waals surface area (Å²) in [5, 5.41) is 14.8. The van der Waals surface area contributed by atoms with Crippen LogP contribution < -0.4 is 10.9 Å². The smallest absolute Gasteiger partial charge is 0.293 e. The van der Waals surface area contributed by atoms with E-state index < -0.39 is 4.92 Å². The molecule has 1 aliphatic heterocycles. The van der Waals surface area contributed by atoms with Crippen LogP contribution in [0.25, 0.3) is 10.9 Å². The second-order valence-electron chi connectivity index (χ2n) is 6.94. The maximum Gasteiger partial charge on any atom is 0.293 e. The molecular formula is C17H23N5O3. The molecule has 1 saturated heterocycles. The Hall–Kier alpha value is -2.48. The first-order chi connectivity index (χ1) is 12.0. The van der Waals surface area contributed by atoms with E-state index in [9.17, 15) is 14.9 Å². The fraction of sp³-hybridized carbons (Fsp3) is 0.529. The Morgan fingerprint density at radius 2 is 2.28 bits per heavy atom. The quantitative estimate of drug-likeness (QED) is 0.615. The van der Waals surface area contributed by atoms with E-state index in [1.54, 1.807) is 6.07 Å². The zero-order valence-corrected chi connectivity index (χ0v) is 14.5. The molecule has 0 amide bonds. The highest BCUT2D eigenvalue weighted by Crippen LogP contribution is 2.29. The minimum atomic E-state index is -0.464. The molecule has 1 fully saturated rings. The Labute approximate surface area is 145 Å². The topological polar surface area (TPSA) is 104 Å². The van der Waals surface area contributed by atoms with Crippen LogP contribution in [0.3, 0.4) is 0 Å². The van der Waals surface area contributed by atoms with E-state index in [0.717, 1.165) is 25.9 Å². The number of H-pyrrole nitrogens is 1. The molecule has 0 spiro atoms. The van der Waals surface area contributed by atoms with Crippen LogP contribution in [0.1, 0.15) is 26.7 Å². The van der Waals surface area contributed by atoms with Crippen molar-refractivity contribution in [2.45, 2.75) is 32.7 Å². The largest absolute Gasteiger partial charge is 0.378 e. The third kappa shape index (κ3) is 3.79. The molecule has 2 heterocycles. The number of benzene rings is 1. The summed E-state index contributed by atoms with van der Waals surface area (Å²) in [7, 11) is 0. The molecule has 2 N–H and O–H groups in total. The van der Waals surface area contributed by atoms with Gasteiger partial charge in [-0.1, -0.05) is 13.8 Å². The van der Waals surface area contributed by atoms with Crippen molar-refractivity contribution in [3.05, 3.63) is 38.9 Å². The summed E-state index contributed by atoms with van der Waals surface area (Å²) in [6.07, 6.45) is 3.54. The molecule has 25 heavy (non-hydrogen) atoms. The van der Waals surface area contributed by atoms with Gasteiger partial charge in [0.05, 0.1) is 22.2 Å². The van der Waals surface area contributed by atoms with Crippen molar-refractivity contribution < 1.29 is 4.92 Å². The van der Waals surface area contributed by atoms with Gasteiger partial charge in [0.1, 0.15) is 5.69 Å². The Kier molecular flexibility index (Phi) is 4.98. The summed E-state index contributed by atoms with van der Waals surface area (Å²) >= 11 is 0. The minimum Gasteiger partial charge on any atom is -0.378 e. The van der Waals surface area contributed by atoms with Gasteiger partial charge in [0.2, 0.25) is 0 Å². The molecule has 1 aromatic carbocycles. The first kappa shape index (κ1) is 17.3. The number of hydrogen-bond acceptors (Lipinski definition) is 6. The van der Waals surface area contributed by atoms with Gasteiger partial charge in [-0.05, 0) is 31.4 Å². The number of nitro groups is 1. The number of aromatic nitrogens is 2. The molecule has 1 aliphatic rings. The lowest BCUT2D eigenvalue weighted by atomic mass is 10.1. The standard InChI is InChI=1S/C17H23N5O3/c1-11(2)9-21-5-3-4-12(21)8-18-15-7-14-13(6-16(15)22(24)25)17(23)20-10-19-14/h6-7,10-12,18H,3-5,8-9H2,1-2H3,(H,19,20,23)/t12-/m1/s1. The third-order valence-electron chi connectivity index (χ3n) is 4.58. The monoisotopic (exact) mass is 345 g/mol. The first-order valence-corrected chi connectivity index (χ1v) is 8.59. The molecule has 1 atom stereocenters. The van der Waals surface area contributed by atoms with Gasteiger partial charge in [-0.3, -0.25) is 19.8 Å². The lowest BCUT2D eigenvalue weighted by molar-refractivity contribution is -0.383. The number of aromatic amines is 1. The molecule has 0 saturated carbocycles. The molecular weight excluding hydrogens is 322 g/mol. The van der Waals surface area contributed by atoms with E-state index in [0.29, 0.717) is 29.7 Å². The highest BCUT2D eigenvalue weighted by Gasteiger charge is 2.26. The van der Waals surface area contributed by atoms with Crippen LogP contribution in [-0.4, -0.2) is 45.5 Å². The van der Waals surface area contributed by atoms with E-state index >= 15 is 0 Å². The molecule has 1 aromatic heterocycles. The molecule has 0 bridgehead atoms. The molecule has 0 unspecified atom stereocenters. The van der Waals surface area contributed by atoms with Crippen LogP contribution in [0, 0.1) is 16.0 Å². The van der Waals surface area contributed by atoms with Gasteiger partial charge in [0.25, 0.3) is 11.2 Å². The number of nitrogens with zero attached hydrogens (tertiary/aromatic N) is 3. The Morgan fingerprint density at radius 3 is 3.00 bits per heavy atom. The third-order valence-corrected chi connectivity index (χ3v) is 4.58. The molecule has 8 nitrogen and oxygen atoms in total. The SMILES string of the molecule is CC(C)CN1CCC[C@@H]1CNc1cc2nc[nH]c(=O)c2cc1[N+](=O)[O-]. The van der Waals surface area contributed by atoms with Gasteiger partial charge >= 0.3 is 0 Å². The van der Waals surface area contributed by atoms with Crippen LogP contribution in [0.4, 0.5) is 11.4 Å². The summed E-state index contributed by atoms with van der Waals surface area (Å²) in [5.74, 6) is 0.589. The zero-order chi connectivity index (χ0) is 18.0. The van der Waals surface area contributed by atoms with Crippen LogP contribution in [0.2, 0.25) is 0 Å². The van der Waals surface area contributed by atoms with Crippen molar-refractivity contribution in [2.75, 3.05) is 25.0 Å². The van der Waals surface area contributed by atoms with Crippen molar-refractivity contribution in [1.82, 2.24) is 14.9 Å². The van der Waals surface area contributed by atoms with Gasteiger partial charge in [-0.15, -0.1) is 0 Å². The number of fused-ring (bicyclic) bond motifs is 1. The fourth-order valence-corrected chi connectivity index (χ4v) is 3.46. The second-order valence-corrected chi connectivity index (χ2v) is 6.94. The summed E-state index contributed by atoms with van der Waals surface area (Å²) in [6.45, 7) is 7.13. The van der Waals surface area contributed by atoms with Gasteiger partial charge < -0.3 is 10.3 Å². The molecule has 134 valence electrons.